The summed E-state index contributed by atoms with van der Waals surface area (Å²) in [5, 5.41) is 8.60. The van der Waals surface area contributed by atoms with Gasteiger partial charge in [-0.2, -0.15) is 0 Å². The van der Waals surface area contributed by atoms with Crippen molar-refractivity contribution in [2.24, 2.45) is 0 Å². The normalized spacial score (nSPS) is 19.0. The highest BCUT2D eigenvalue weighted by Crippen LogP contribution is 2.32. The first-order chi connectivity index (χ1) is 10.8. The van der Waals surface area contributed by atoms with E-state index in [1.807, 2.05) is 40.9 Å². The van der Waals surface area contributed by atoms with Crippen LogP contribution in [0.25, 0.3) is 5.65 Å². The summed E-state index contributed by atoms with van der Waals surface area (Å²) < 4.78 is 15.9. The first kappa shape index (κ1) is 13.4. The van der Waals surface area contributed by atoms with Gasteiger partial charge in [-0.25, -0.2) is 4.39 Å². The molecule has 0 N–H and O–H groups in total. The number of fused-ring (bicyclic) bond motifs is 1. The summed E-state index contributed by atoms with van der Waals surface area (Å²) in [6.45, 7) is 1.57. The van der Waals surface area contributed by atoms with Gasteiger partial charge in [0, 0.05) is 18.3 Å². The molecule has 4 nitrogen and oxygen atoms in total. The van der Waals surface area contributed by atoms with E-state index < -0.39 is 0 Å². The maximum Gasteiger partial charge on any atom is 0.160 e. The summed E-state index contributed by atoms with van der Waals surface area (Å²) in [6, 6.07) is 13.1. The Hall–Kier alpha value is -2.27. The number of pyridine rings is 1. The number of nitrogens with zero attached hydrogens (tertiary/aromatic N) is 4. The minimum Gasteiger partial charge on any atom is -0.289 e. The molecule has 0 saturated carbocycles. The molecule has 3 heterocycles. The smallest absolute Gasteiger partial charge is 0.160 e. The van der Waals surface area contributed by atoms with Gasteiger partial charge in [0.25, 0.3) is 0 Å². The van der Waals surface area contributed by atoms with Crippen LogP contribution in [0.3, 0.4) is 0 Å². The average Bonchev–Trinajstić information content (AvgIpc) is 3.16. The van der Waals surface area contributed by atoms with Gasteiger partial charge in [0.15, 0.2) is 11.5 Å². The summed E-state index contributed by atoms with van der Waals surface area (Å²) in [5.41, 5.74) is 1.60. The molecule has 0 unspecified atom stereocenters. The molecule has 1 aromatic carbocycles. The zero-order chi connectivity index (χ0) is 14.9. The largest absolute Gasteiger partial charge is 0.289 e. The van der Waals surface area contributed by atoms with Gasteiger partial charge in [0.2, 0.25) is 0 Å². The van der Waals surface area contributed by atoms with Crippen molar-refractivity contribution in [3.63, 3.8) is 0 Å². The Balaban J connectivity index is 1.65. The van der Waals surface area contributed by atoms with E-state index in [9.17, 15) is 4.39 Å². The van der Waals surface area contributed by atoms with Crippen LogP contribution in [-0.2, 0) is 6.54 Å². The van der Waals surface area contributed by atoms with Crippen LogP contribution in [0.5, 0.6) is 0 Å². The zero-order valence-electron chi connectivity index (χ0n) is 12.2. The van der Waals surface area contributed by atoms with Crippen molar-refractivity contribution >= 4 is 5.65 Å². The predicted octanol–water partition coefficient (Wildman–Crippen LogP) is 3.21. The van der Waals surface area contributed by atoms with Crippen molar-refractivity contribution in [1.82, 2.24) is 19.5 Å². The van der Waals surface area contributed by atoms with E-state index in [1.54, 1.807) is 6.07 Å². The third-order valence-electron chi connectivity index (χ3n) is 4.33. The molecule has 0 amide bonds. The number of hydrogen-bond acceptors (Lipinski definition) is 3. The molecule has 22 heavy (non-hydrogen) atoms. The van der Waals surface area contributed by atoms with Gasteiger partial charge in [-0.05, 0) is 37.6 Å². The maximum absolute atomic E-state index is 13.9. The Morgan fingerprint density at radius 3 is 2.86 bits per heavy atom. The lowest BCUT2D eigenvalue weighted by molar-refractivity contribution is 0.235. The van der Waals surface area contributed by atoms with E-state index in [1.165, 1.54) is 6.07 Å². The van der Waals surface area contributed by atoms with Crippen LogP contribution < -0.4 is 0 Å². The topological polar surface area (TPSA) is 33.4 Å². The highest BCUT2D eigenvalue weighted by molar-refractivity contribution is 5.37. The van der Waals surface area contributed by atoms with Gasteiger partial charge in [0.05, 0.1) is 6.04 Å². The van der Waals surface area contributed by atoms with Gasteiger partial charge in [-0.3, -0.25) is 9.30 Å². The van der Waals surface area contributed by atoms with Crippen molar-refractivity contribution in [1.29, 1.82) is 0 Å². The summed E-state index contributed by atoms with van der Waals surface area (Å²) in [4.78, 5) is 2.29. The van der Waals surface area contributed by atoms with E-state index in [0.717, 1.165) is 36.4 Å². The maximum atomic E-state index is 13.9. The molecule has 1 fully saturated rings. The summed E-state index contributed by atoms with van der Waals surface area (Å²) in [6.07, 6.45) is 4.12. The van der Waals surface area contributed by atoms with E-state index in [2.05, 4.69) is 15.1 Å². The molecule has 1 saturated heterocycles. The number of aromatic nitrogens is 3. The quantitative estimate of drug-likeness (QED) is 0.744. The molecule has 1 aliphatic rings. The first-order valence-electron chi connectivity index (χ1n) is 7.60. The molecule has 0 spiro atoms. The van der Waals surface area contributed by atoms with Crippen molar-refractivity contribution in [2.75, 3.05) is 6.54 Å². The van der Waals surface area contributed by atoms with Crippen molar-refractivity contribution in [3.8, 4) is 0 Å². The molecular weight excluding hydrogens is 279 g/mol. The minimum atomic E-state index is -0.140. The number of rotatable bonds is 3. The van der Waals surface area contributed by atoms with Crippen LogP contribution in [-0.4, -0.2) is 26.0 Å². The predicted molar refractivity (Wildman–Crippen MR) is 81.8 cm³/mol. The van der Waals surface area contributed by atoms with Gasteiger partial charge >= 0.3 is 0 Å². The van der Waals surface area contributed by atoms with Crippen molar-refractivity contribution < 1.29 is 4.39 Å². The first-order valence-corrected chi connectivity index (χ1v) is 7.60. The van der Waals surface area contributed by atoms with Gasteiger partial charge in [0.1, 0.15) is 5.82 Å². The van der Waals surface area contributed by atoms with Gasteiger partial charge in [-0.15, -0.1) is 10.2 Å². The Labute approximate surface area is 128 Å². The second-order valence-corrected chi connectivity index (χ2v) is 5.71. The van der Waals surface area contributed by atoms with Crippen molar-refractivity contribution in [3.05, 3.63) is 65.9 Å². The fourth-order valence-corrected chi connectivity index (χ4v) is 3.24. The number of halogens is 1. The number of hydrogen-bond donors (Lipinski definition) is 0. The fraction of sp³-hybridized carbons (Fsp3) is 0.294. The van der Waals surface area contributed by atoms with E-state index in [4.69, 9.17) is 0 Å². The Bertz CT molecular complexity index is 798. The van der Waals surface area contributed by atoms with Crippen LogP contribution >= 0.6 is 0 Å². The van der Waals surface area contributed by atoms with E-state index in [-0.39, 0.29) is 11.9 Å². The minimum absolute atomic E-state index is 0.140. The third-order valence-corrected chi connectivity index (χ3v) is 4.33. The lowest BCUT2D eigenvalue weighted by Gasteiger charge is -2.23. The van der Waals surface area contributed by atoms with Crippen LogP contribution in [0.1, 0.15) is 30.3 Å². The van der Waals surface area contributed by atoms with Crippen molar-refractivity contribution in [2.45, 2.75) is 25.4 Å². The monoisotopic (exact) mass is 296 g/mol. The molecule has 1 aliphatic heterocycles. The van der Waals surface area contributed by atoms with E-state index in [0.29, 0.717) is 6.54 Å². The second kappa shape index (κ2) is 5.50. The molecule has 0 radical (unpaired) electrons. The Morgan fingerprint density at radius 2 is 1.95 bits per heavy atom. The number of benzene rings is 1. The Kier molecular flexibility index (Phi) is 3.35. The molecule has 0 bridgehead atoms. The second-order valence-electron chi connectivity index (χ2n) is 5.71. The lowest BCUT2D eigenvalue weighted by atomic mass is 10.1. The van der Waals surface area contributed by atoms with Crippen LogP contribution in [0.4, 0.5) is 4.39 Å². The summed E-state index contributed by atoms with van der Waals surface area (Å²) in [7, 11) is 0. The standard InChI is InChI=1S/C17H17FN4/c18-14-7-2-1-6-13(14)12-21-10-5-8-15(21)17-20-19-16-9-3-4-11-22(16)17/h1-4,6-7,9,11,15H,5,8,10,12H2/t15-/m0/s1. The molecule has 0 aliphatic carbocycles. The molecule has 4 rings (SSSR count). The summed E-state index contributed by atoms with van der Waals surface area (Å²) in [5.74, 6) is 0.809. The van der Waals surface area contributed by atoms with Gasteiger partial charge < -0.3 is 0 Å². The third kappa shape index (κ3) is 2.27. The van der Waals surface area contributed by atoms with Crippen LogP contribution in [0, 0.1) is 5.82 Å². The zero-order valence-corrected chi connectivity index (χ0v) is 12.2. The summed E-state index contributed by atoms with van der Waals surface area (Å²) >= 11 is 0. The average molecular weight is 296 g/mol. The number of likely N-dealkylation sites (tertiary alicyclic amines) is 1. The highest BCUT2D eigenvalue weighted by atomic mass is 19.1. The fourth-order valence-electron chi connectivity index (χ4n) is 3.24. The molecule has 3 aromatic rings. The van der Waals surface area contributed by atoms with Crippen LogP contribution in [0.2, 0.25) is 0 Å². The van der Waals surface area contributed by atoms with Crippen LogP contribution in [0.15, 0.2) is 48.7 Å². The lowest BCUT2D eigenvalue weighted by Crippen LogP contribution is -2.24. The highest BCUT2D eigenvalue weighted by Gasteiger charge is 2.30. The molecular formula is C17H17FN4. The SMILES string of the molecule is Fc1ccccc1CN1CCC[C@H]1c1nnc2ccccn12. The van der Waals surface area contributed by atoms with Gasteiger partial charge in [-0.1, -0.05) is 24.3 Å². The molecule has 1 atom stereocenters. The molecule has 112 valence electrons. The molecule has 5 heteroatoms. The van der Waals surface area contributed by atoms with E-state index >= 15 is 0 Å². The molecule has 2 aromatic heterocycles. The Morgan fingerprint density at radius 1 is 1.09 bits per heavy atom.